The Balaban J connectivity index is 2.04. The molecule has 0 radical (unpaired) electrons. The molecule has 1 atom stereocenters. The van der Waals surface area contributed by atoms with E-state index in [1.807, 2.05) is 0 Å². The highest BCUT2D eigenvalue weighted by atomic mass is 79.9. The van der Waals surface area contributed by atoms with Crippen LogP contribution in [-0.2, 0) is 0 Å². The minimum Gasteiger partial charge on any atom is -0.381 e. The molecule has 1 aromatic carbocycles. The monoisotopic (exact) mass is 327 g/mol. The number of hydrogen-bond acceptors (Lipinski definition) is 4. The van der Waals surface area contributed by atoms with Gasteiger partial charge in [-0.15, -0.1) is 0 Å². The maximum Gasteiger partial charge on any atom is 0.270 e. The summed E-state index contributed by atoms with van der Waals surface area (Å²) in [5.74, 6) is 0. The van der Waals surface area contributed by atoms with Crippen molar-refractivity contribution in [1.29, 1.82) is 0 Å². The predicted octanol–water partition coefficient (Wildman–Crippen LogP) is 3.25. The van der Waals surface area contributed by atoms with Crippen molar-refractivity contribution in [2.24, 2.45) is 0 Å². The number of nitrogens with one attached hydrogen (secondary N) is 1. The molecule has 6 heteroatoms. The van der Waals surface area contributed by atoms with Crippen LogP contribution in [0.5, 0.6) is 0 Å². The second-order valence-corrected chi connectivity index (χ2v) is 5.85. The number of non-ortho nitro benzene ring substituents is 1. The van der Waals surface area contributed by atoms with Crippen molar-refractivity contribution in [3.8, 4) is 0 Å². The fourth-order valence-corrected chi connectivity index (χ4v) is 2.82. The Labute approximate surface area is 121 Å². The van der Waals surface area contributed by atoms with E-state index >= 15 is 0 Å². The van der Waals surface area contributed by atoms with Crippen LogP contribution in [0.15, 0.2) is 22.7 Å². The molecule has 0 aliphatic carbocycles. The Morgan fingerprint density at radius 2 is 2.21 bits per heavy atom. The summed E-state index contributed by atoms with van der Waals surface area (Å²) in [5.41, 5.74) is 1.04. The first kappa shape index (κ1) is 14.3. The van der Waals surface area contributed by atoms with Crippen LogP contribution in [0.4, 0.5) is 11.4 Å². The molecule has 19 heavy (non-hydrogen) atoms. The summed E-state index contributed by atoms with van der Waals surface area (Å²) < 4.78 is 0.749. The first-order valence-corrected chi connectivity index (χ1v) is 7.24. The van der Waals surface area contributed by atoms with Crippen molar-refractivity contribution in [2.45, 2.75) is 25.3 Å². The summed E-state index contributed by atoms with van der Waals surface area (Å²) in [7, 11) is 2.14. The van der Waals surface area contributed by atoms with Crippen LogP contribution in [0.3, 0.4) is 0 Å². The van der Waals surface area contributed by atoms with Gasteiger partial charge in [-0.25, -0.2) is 0 Å². The molecule has 1 aromatic rings. The van der Waals surface area contributed by atoms with E-state index in [4.69, 9.17) is 0 Å². The molecule has 0 aromatic heterocycles. The van der Waals surface area contributed by atoms with E-state index in [1.54, 1.807) is 12.1 Å². The number of likely N-dealkylation sites (tertiary alicyclic amines) is 1. The van der Waals surface area contributed by atoms with E-state index in [9.17, 15) is 10.1 Å². The van der Waals surface area contributed by atoms with Gasteiger partial charge in [-0.05, 0) is 61.4 Å². The van der Waals surface area contributed by atoms with Gasteiger partial charge in [-0.1, -0.05) is 0 Å². The van der Waals surface area contributed by atoms with E-state index < -0.39 is 0 Å². The van der Waals surface area contributed by atoms with Crippen LogP contribution in [0.25, 0.3) is 0 Å². The van der Waals surface area contributed by atoms with Crippen LogP contribution >= 0.6 is 15.9 Å². The van der Waals surface area contributed by atoms with Gasteiger partial charge in [-0.2, -0.15) is 0 Å². The van der Waals surface area contributed by atoms with Gasteiger partial charge in [-0.3, -0.25) is 10.1 Å². The van der Waals surface area contributed by atoms with Gasteiger partial charge >= 0.3 is 0 Å². The minimum absolute atomic E-state index is 0.109. The number of anilines is 1. The van der Waals surface area contributed by atoms with Crippen molar-refractivity contribution in [2.75, 3.05) is 25.5 Å². The van der Waals surface area contributed by atoms with Gasteiger partial charge in [0.05, 0.1) is 4.92 Å². The van der Waals surface area contributed by atoms with E-state index in [1.165, 1.54) is 12.5 Å². The lowest BCUT2D eigenvalue weighted by Gasteiger charge is -2.19. The zero-order chi connectivity index (χ0) is 13.8. The Morgan fingerprint density at radius 3 is 2.89 bits per heavy atom. The SMILES string of the molecule is CN1CCCC(Nc2ccc([N+](=O)[O-])cc2Br)CC1. The third-order valence-corrected chi connectivity index (χ3v) is 4.13. The Bertz CT molecular complexity index is 467. The van der Waals surface area contributed by atoms with Crippen molar-refractivity contribution >= 4 is 27.3 Å². The molecular formula is C13H18BrN3O2. The van der Waals surface area contributed by atoms with E-state index in [2.05, 4.69) is 33.2 Å². The zero-order valence-electron chi connectivity index (χ0n) is 10.9. The minimum atomic E-state index is -0.380. The molecule has 1 aliphatic rings. The molecule has 1 heterocycles. The van der Waals surface area contributed by atoms with Crippen molar-refractivity contribution in [1.82, 2.24) is 4.90 Å². The van der Waals surface area contributed by atoms with E-state index in [0.717, 1.165) is 36.1 Å². The standard InChI is InChI=1S/C13H18BrN3O2/c1-16-7-2-3-10(6-8-16)15-13-5-4-11(17(18)19)9-12(13)14/h4-5,9-10,15H,2-3,6-8H2,1H3. The summed E-state index contributed by atoms with van der Waals surface area (Å²) in [6.45, 7) is 2.22. The smallest absolute Gasteiger partial charge is 0.270 e. The fraction of sp³-hybridized carbons (Fsp3) is 0.538. The molecule has 2 rings (SSSR count). The van der Waals surface area contributed by atoms with Gasteiger partial charge in [0.2, 0.25) is 0 Å². The highest BCUT2D eigenvalue weighted by molar-refractivity contribution is 9.10. The van der Waals surface area contributed by atoms with E-state index in [-0.39, 0.29) is 10.6 Å². The molecular weight excluding hydrogens is 310 g/mol. The van der Waals surface area contributed by atoms with Gasteiger partial charge in [0, 0.05) is 28.3 Å². The average molecular weight is 328 g/mol. The maximum atomic E-state index is 10.7. The molecule has 0 amide bonds. The molecule has 0 saturated carbocycles. The molecule has 104 valence electrons. The largest absolute Gasteiger partial charge is 0.381 e. The van der Waals surface area contributed by atoms with Crippen LogP contribution in [0.2, 0.25) is 0 Å². The molecule has 1 aliphatic heterocycles. The number of benzene rings is 1. The Kier molecular flexibility index (Phi) is 4.76. The third kappa shape index (κ3) is 3.91. The summed E-state index contributed by atoms with van der Waals surface area (Å²) in [6.07, 6.45) is 3.41. The van der Waals surface area contributed by atoms with Crippen molar-refractivity contribution in [3.05, 3.63) is 32.8 Å². The maximum absolute atomic E-state index is 10.7. The molecule has 0 bridgehead atoms. The second-order valence-electron chi connectivity index (χ2n) is 5.00. The van der Waals surface area contributed by atoms with Gasteiger partial charge in [0.1, 0.15) is 0 Å². The van der Waals surface area contributed by atoms with Crippen molar-refractivity contribution < 1.29 is 4.92 Å². The molecule has 0 spiro atoms. The van der Waals surface area contributed by atoms with Gasteiger partial charge < -0.3 is 10.2 Å². The quantitative estimate of drug-likeness (QED) is 0.683. The average Bonchev–Trinajstić information content (AvgIpc) is 2.57. The second kappa shape index (κ2) is 6.34. The topological polar surface area (TPSA) is 58.4 Å². The number of rotatable bonds is 3. The fourth-order valence-electron chi connectivity index (χ4n) is 2.34. The number of halogens is 1. The van der Waals surface area contributed by atoms with Crippen LogP contribution in [-0.4, -0.2) is 36.0 Å². The first-order chi connectivity index (χ1) is 9.06. The van der Waals surface area contributed by atoms with Gasteiger partial charge in [0.15, 0.2) is 0 Å². The lowest BCUT2D eigenvalue weighted by Crippen LogP contribution is -2.23. The molecule has 1 unspecified atom stereocenters. The summed E-state index contributed by atoms with van der Waals surface area (Å²) >= 11 is 3.40. The number of hydrogen-bond donors (Lipinski definition) is 1. The van der Waals surface area contributed by atoms with Crippen LogP contribution < -0.4 is 5.32 Å². The summed E-state index contributed by atoms with van der Waals surface area (Å²) in [4.78, 5) is 12.7. The lowest BCUT2D eigenvalue weighted by molar-refractivity contribution is -0.384. The first-order valence-electron chi connectivity index (χ1n) is 6.45. The Morgan fingerprint density at radius 1 is 1.42 bits per heavy atom. The molecule has 1 saturated heterocycles. The number of nitrogens with zero attached hydrogens (tertiary/aromatic N) is 2. The highest BCUT2D eigenvalue weighted by Gasteiger charge is 2.16. The molecule has 1 N–H and O–H groups in total. The molecule has 5 nitrogen and oxygen atoms in total. The number of nitro benzene ring substituents is 1. The summed E-state index contributed by atoms with van der Waals surface area (Å²) in [5, 5.41) is 14.2. The highest BCUT2D eigenvalue weighted by Crippen LogP contribution is 2.28. The van der Waals surface area contributed by atoms with Crippen molar-refractivity contribution in [3.63, 3.8) is 0 Å². The lowest BCUT2D eigenvalue weighted by atomic mass is 10.1. The van der Waals surface area contributed by atoms with Crippen LogP contribution in [0.1, 0.15) is 19.3 Å². The third-order valence-electron chi connectivity index (χ3n) is 3.47. The van der Waals surface area contributed by atoms with E-state index in [0.29, 0.717) is 6.04 Å². The van der Waals surface area contributed by atoms with Crippen LogP contribution in [0, 0.1) is 10.1 Å². The Hall–Kier alpha value is -1.14. The normalized spacial score (nSPS) is 20.8. The summed E-state index contributed by atoms with van der Waals surface area (Å²) in [6, 6.07) is 5.29. The molecule has 1 fully saturated rings. The number of nitro groups is 1. The predicted molar refractivity (Wildman–Crippen MR) is 79.6 cm³/mol. The zero-order valence-corrected chi connectivity index (χ0v) is 12.5. The van der Waals surface area contributed by atoms with Gasteiger partial charge in [0.25, 0.3) is 5.69 Å².